The normalized spacial score (nSPS) is 14.0. The van der Waals surface area contributed by atoms with Crippen LogP contribution in [0.5, 0.6) is 0 Å². The Morgan fingerprint density at radius 3 is 2.21 bits per heavy atom. The number of aromatic nitrogens is 1. The van der Waals surface area contributed by atoms with E-state index in [2.05, 4.69) is 15.6 Å². The van der Waals surface area contributed by atoms with Gasteiger partial charge >= 0.3 is 6.18 Å². The maximum Gasteiger partial charge on any atom is 0.416 e. The molecule has 2 heterocycles. The number of morpholine rings is 1. The van der Waals surface area contributed by atoms with Gasteiger partial charge in [-0.25, -0.2) is 4.98 Å². The second kappa shape index (κ2) is 13.4. The molecule has 8 nitrogen and oxygen atoms in total. The van der Waals surface area contributed by atoms with Gasteiger partial charge in [0.25, 0.3) is 11.8 Å². The highest BCUT2D eigenvalue weighted by Gasteiger charge is 2.31. The first kappa shape index (κ1) is 31.4. The van der Waals surface area contributed by atoms with Gasteiger partial charge < -0.3 is 20.3 Å². The standard InChI is InChI=1S/C36H29F3N4O4/c37-36(38,39)27-14-10-23(11-15-27)28-8-4-5-9-29(28)34(45)41-31-17-13-25-22-26(12-16-30(25)40-31)33(44)42-32(24-6-2-1-3-7-24)35(46)43-18-20-47-21-19-43/h1-17,22,32H,18-21H2,(H,42,44)(H,40,41,45)/t32-/m0/s1. The van der Waals surface area contributed by atoms with Gasteiger partial charge in [0, 0.05) is 29.6 Å². The molecule has 3 amide bonds. The average molecular weight is 639 g/mol. The highest BCUT2D eigenvalue weighted by atomic mass is 19.4. The SMILES string of the molecule is O=C(N[C@H](C(=O)N1CCOCC1)c1ccccc1)c1ccc2nc(NC(=O)c3ccccc3-c3ccc(C(F)(F)F)cc3)ccc2c1. The van der Waals surface area contributed by atoms with Gasteiger partial charge in [-0.05, 0) is 65.2 Å². The Hall–Kier alpha value is -5.55. The first-order valence-electron chi connectivity index (χ1n) is 14.9. The smallest absolute Gasteiger partial charge is 0.378 e. The summed E-state index contributed by atoms with van der Waals surface area (Å²) in [6.45, 7) is 1.76. The van der Waals surface area contributed by atoms with Crippen LogP contribution in [0, 0.1) is 0 Å². The number of pyridine rings is 1. The molecule has 1 saturated heterocycles. The number of alkyl halides is 3. The van der Waals surface area contributed by atoms with Gasteiger partial charge in [0.2, 0.25) is 5.91 Å². The topological polar surface area (TPSA) is 101 Å². The number of benzene rings is 4. The highest BCUT2D eigenvalue weighted by Crippen LogP contribution is 2.32. The summed E-state index contributed by atoms with van der Waals surface area (Å²) in [5.74, 6) is -0.877. The Morgan fingerprint density at radius 2 is 1.49 bits per heavy atom. The van der Waals surface area contributed by atoms with Crippen LogP contribution in [0.25, 0.3) is 22.0 Å². The number of rotatable bonds is 7. The van der Waals surface area contributed by atoms with Crippen LogP contribution in [0.2, 0.25) is 0 Å². The Labute approximate surface area is 268 Å². The van der Waals surface area contributed by atoms with Gasteiger partial charge in [-0.15, -0.1) is 0 Å². The molecule has 0 saturated carbocycles. The molecule has 0 spiro atoms. The zero-order chi connectivity index (χ0) is 33.0. The molecule has 0 radical (unpaired) electrons. The van der Waals surface area contributed by atoms with E-state index in [-0.39, 0.29) is 17.3 Å². The first-order chi connectivity index (χ1) is 22.7. The number of carbonyl (C=O) groups is 3. The molecule has 6 rings (SSSR count). The molecule has 1 aromatic heterocycles. The van der Waals surface area contributed by atoms with Crippen LogP contribution < -0.4 is 10.6 Å². The fraction of sp³-hybridized carbons (Fsp3) is 0.167. The summed E-state index contributed by atoms with van der Waals surface area (Å²) < 4.78 is 44.5. The molecule has 0 bridgehead atoms. The van der Waals surface area contributed by atoms with Gasteiger partial charge in [0.05, 0.1) is 24.3 Å². The largest absolute Gasteiger partial charge is 0.416 e. The third-order valence-corrected chi connectivity index (χ3v) is 7.87. The lowest BCUT2D eigenvalue weighted by Crippen LogP contribution is -2.47. The van der Waals surface area contributed by atoms with E-state index in [4.69, 9.17) is 4.74 Å². The van der Waals surface area contributed by atoms with Gasteiger partial charge in [-0.3, -0.25) is 14.4 Å². The first-order valence-corrected chi connectivity index (χ1v) is 14.9. The molecule has 1 aliphatic rings. The third-order valence-electron chi connectivity index (χ3n) is 7.87. The Bertz CT molecular complexity index is 1930. The second-order valence-corrected chi connectivity index (χ2v) is 10.9. The Balaban J connectivity index is 1.19. The number of amides is 3. The zero-order valence-electron chi connectivity index (χ0n) is 25.0. The van der Waals surface area contributed by atoms with Crippen molar-refractivity contribution in [1.82, 2.24) is 15.2 Å². The molecule has 1 fully saturated rings. The zero-order valence-corrected chi connectivity index (χ0v) is 25.0. The van der Waals surface area contributed by atoms with E-state index in [1.54, 1.807) is 71.6 Å². The molecular weight excluding hydrogens is 609 g/mol. The second-order valence-electron chi connectivity index (χ2n) is 10.9. The van der Waals surface area contributed by atoms with Crippen LogP contribution in [0.3, 0.4) is 0 Å². The minimum Gasteiger partial charge on any atom is -0.378 e. The van der Waals surface area contributed by atoms with Crippen molar-refractivity contribution in [3.05, 3.63) is 131 Å². The van der Waals surface area contributed by atoms with Crippen molar-refractivity contribution in [3.63, 3.8) is 0 Å². The lowest BCUT2D eigenvalue weighted by Gasteiger charge is -2.31. The van der Waals surface area contributed by atoms with Crippen molar-refractivity contribution < 1.29 is 32.3 Å². The summed E-state index contributed by atoms with van der Waals surface area (Å²) in [4.78, 5) is 46.3. The molecule has 238 valence electrons. The average Bonchev–Trinajstić information content (AvgIpc) is 3.10. The molecule has 4 aromatic carbocycles. The third kappa shape index (κ3) is 7.15. The summed E-state index contributed by atoms with van der Waals surface area (Å²) in [5, 5.41) is 6.29. The molecule has 0 aliphatic carbocycles. The van der Waals surface area contributed by atoms with E-state index in [0.717, 1.165) is 12.1 Å². The molecule has 5 aromatic rings. The number of halogens is 3. The van der Waals surface area contributed by atoms with Crippen LogP contribution >= 0.6 is 0 Å². The highest BCUT2D eigenvalue weighted by molar-refractivity contribution is 6.09. The molecule has 47 heavy (non-hydrogen) atoms. The Kier molecular flexibility index (Phi) is 8.99. The summed E-state index contributed by atoms with van der Waals surface area (Å²) in [6, 6.07) is 27.6. The minimum atomic E-state index is -4.46. The molecule has 11 heteroatoms. The van der Waals surface area contributed by atoms with Crippen molar-refractivity contribution >= 4 is 34.4 Å². The number of fused-ring (bicyclic) bond motifs is 1. The van der Waals surface area contributed by atoms with E-state index in [1.165, 1.54) is 12.1 Å². The van der Waals surface area contributed by atoms with Gasteiger partial charge in [0.15, 0.2) is 0 Å². The van der Waals surface area contributed by atoms with Crippen molar-refractivity contribution in [1.29, 1.82) is 0 Å². The maximum absolute atomic E-state index is 13.4. The number of hydrogen-bond acceptors (Lipinski definition) is 5. The quantitative estimate of drug-likeness (QED) is 0.212. The molecular formula is C36H29F3N4O4. The van der Waals surface area contributed by atoms with E-state index in [9.17, 15) is 27.6 Å². The maximum atomic E-state index is 13.4. The number of anilines is 1. The van der Waals surface area contributed by atoms with Crippen molar-refractivity contribution in [2.45, 2.75) is 12.2 Å². The van der Waals surface area contributed by atoms with Crippen LogP contribution in [0.4, 0.5) is 19.0 Å². The number of nitrogens with one attached hydrogen (secondary N) is 2. The van der Waals surface area contributed by atoms with E-state index < -0.39 is 29.6 Å². The van der Waals surface area contributed by atoms with Crippen LogP contribution in [-0.4, -0.2) is 53.9 Å². The van der Waals surface area contributed by atoms with E-state index in [1.807, 2.05) is 18.2 Å². The number of hydrogen-bond donors (Lipinski definition) is 2. The van der Waals surface area contributed by atoms with E-state index in [0.29, 0.717) is 59.5 Å². The van der Waals surface area contributed by atoms with Crippen LogP contribution in [0.1, 0.15) is 37.9 Å². The van der Waals surface area contributed by atoms with Gasteiger partial charge in [0.1, 0.15) is 11.9 Å². The lowest BCUT2D eigenvalue weighted by atomic mass is 9.98. The van der Waals surface area contributed by atoms with Crippen LogP contribution in [-0.2, 0) is 15.7 Å². The summed E-state index contributed by atoms with van der Waals surface area (Å²) in [6.07, 6.45) is -4.46. The number of nitrogens with zero attached hydrogens (tertiary/aromatic N) is 2. The number of ether oxygens (including phenoxy) is 1. The minimum absolute atomic E-state index is 0.212. The molecule has 1 aliphatic heterocycles. The predicted octanol–water partition coefficient (Wildman–Crippen LogP) is 6.50. The van der Waals surface area contributed by atoms with Crippen LogP contribution in [0.15, 0.2) is 109 Å². The monoisotopic (exact) mass is 638 g/mol. The fourth-order valence-corrected chi connectivity index (χ4v) is 5.41. The van der Waals surface area contributed by atoms with Crippen molar-refractivity contribution in [2.24, 2.45) is 0 Å². The Morgan fingerprint density at radius 1 is 0.787 bits per heavy atom. The number of carbonyl (C=O) groups excluding carboxylic acids is 3. The molecule has 1 atom stereocenters. The summed E-state index contributed by atoms with van der Waals surface area (Å²) in [7, 11) is 0. The van der Waals surface area contributed by atoms with Crippen molar-refractivity contribution in [2.75, 3.05) is 31.6 Å². The lowest BCUT2D eigenvalue weighted by molar-refractivity contribution is -0.138. The van der Waals surface area contributed by atoms with Gasteiger partial charge in [-0.1, -0.05) is 60.7 Å². The molecule has 0 unspecified atom stereocenters. The summed E-state index contributed by atoms with van der Waals surface area (Å²) >= 11 is 0. The van der Waals surface area contributed by atoms with Gasteiger partial charge in [-0.2, -0.15) is 13.2 Å². The van der Waals surface area contributed by atoms with E-state index >= 15 is 0 Å². The molecule has 2 N–H and O–H groups in total. The summed E-state index contributed by atoms with van der Waals surface area (Å²) in [5.41, 5.74) is 1.93. The fourth-order valence-electron chi connectivity index (χ4n) is 5.41. The van der Waals surface area contributed by atoms with Crippen molar-refractivity contribution in [3.8, 4) is 11.1 Å². The predicted molar refractivity (Wildman–Crippen MR) is 171 cm³/mol.